The van der Waals surface area contributed by atoms with Crippen molar-refractivity contribution in [2.45, 2.75) is 49.7 Å². The van der Waals surface area contributed by atoms with Crippen molar-refractivity contribution in [3.05, 3.63) is 255 Å². The van der Waals surface area contributed by atoms with Gasteiger partial charge in [-0.15, -0.1) is 0 Å². The van der Waals surface area contributed by atoms with Crippen LogP contribution in [-0.4, -0.2) is 47.6 Å². The summed E-state index contributed by atoms with van der Waals surface area (Å²) >= 11 is 0. The fraction of sp³-hybridized carbons (Fsp3) is 0.187. The zero-order chi connectivity index (χ0) is 57.7. The predicted molar refractivity (Wildman–Crippen MR) is 332 cm³/mol. The summed E-state index contributed by atoms with van der Waals surface area (Å²) in [6.45, 7) is 9.17. The molecule has 0 N–H and O–H groups in total. The fourth-order valence-electron chi connectivity index (χ4n) is 13.8. The van der Waals surface area contributed by atoms with Gasteiger partial charge in [-0.3, -0.25) is 0 Å². The van der Waals surface area contributed by atoms with E-state index in [2.05, 4.69) is 113 Å². The van der Waals surface area contributed by atoms with Gasteiger partial charge >= 0.3 is 5.97 Å². The van der Waals surface area contributed by atoms with Gasteiger partial charge in [0.2, 0.25) is 0 Å². The van der Waals surface area contributed by atoms with Crippen LogP contribution in [0.15, 0.2) is 194 Å². The van der Waals surface area contributed by atoms with E-state index in [4.69, 9.17) is 37.9 Å². The number of hydrogen-bond acceptors (Lipinski definition) is 9. The zero-order valence-corrected chi connectivity index (χ0v) is 48.2. The van der Waals surface area contributed by atoms with Gasteiger partial charge in [0, 0.05) is 55.0 Å². The monoisotopic (exact) mass is 1110 g/mol. The van der Waals surface area contributed by atoms with E-state index in [-0.39, 0.29) is 18.6 Å². The molecule has 0 saturated heterocycles. The van der Waals surface area contributed by atoms with Gasteiger partial charge in [0.25, 0.3) is 0 Å². The predicted octanol–water partition coefficient (Wildman–Crippen LogP) is 16.6. The van der Waals surface area contributed by atoms with Crippen LogP contribution in [0.25, 0.3) is 56.0 Å². The lowest BCUT2D eigenvalue weighted by molar-refractivity contribution is 0.0450. The highest BCUT2D eigenvalue weighted by Crippen LogP contribution is 2.61. The third kappa shape index (κ3) is 7.85. The van der Waals surface area contributed by atoms with Crippen molar-refractivity contribution in [1.82, 2.24) is 0 Å². The average Bonchev–Trinajstić information content (AvgIpc) is 2.30. The van der Waals surface area contributed by atoms with Crippen LogP contribution in [0, 0.1) is 0 Å². The van der Waals surface area contributed by atoms with Gasteiger partial charge in [-0.1, -0.05) is 155 Å². The van der Waals surface area contributed by atoms with Crippen LogP contribution < -0.4 is 33.2 Å². The molecule has 1 unspecified atom stereocenters. The Labute approximate surface area is 489 Å². The molecule has 416 valence electrons. The Hall–Kier alpha value is -9.73. The summed E-state index contributed by atoms with van der Waals surface area (Å²) in [7, 11) is 6.71. The Morgan fingerprint density at radius 1 is 0.429 bits per heavy atom. The Balaban J connectivity index is 0.739. The van der Waals surface area contributed by atoms with Crippen molar-refractivity contribution in [2.24, 2.45) is 0 Å². The summed E-state index contributed by atoms with van der Waals surface area (Å²) in [5, 5.41) is 3.90. The standard InChI is InChI=1S/C75H62O9/c1-72(2)61-40-45(24-31-54(61)66-58-43-63(79-7)64(80-8)44-60(58)70-57(68(66)72)34-36-74(84-70,46-18-12-9-13-19-46)47-20-14-10-15-21-47)71(76)82-39-38-81-50-27-25-49(26-28-50)75(48-22-16-11-17-23-48)37-35-56-67-65(53-32-29-51(77-5)41-59(53)69(56)83-75)55-33-30-52(78-6)42-62(55)73(67,3)4/h9-37,40-44H,38-39H2,1-8H3. The van der Waals surface area contributed by atoms with Crippen molar-refractivity contribution in [3.8, 4) is 62.5 Å². The second-order valence-corrected chi connectivity index (χ2v) is 23.0. The molecule has 2 heterocycles. The number of rotatable bonds is 13. The van der Waals surface area contributed by atoms with Crippen LogP contribution in [0.3, 0.4) is 0 Å². The number of methoxy groups -OCH3 is 4. The normalized spacial score (nSPS) is 16.7. The largest absolute Gasteiger partial charge is 0.497 e. The maximum absolute atomic E-state index is 14.1. The molecular formula is C75H62O9. The molecule has 14 rings (SSSR count). The third-order valence-electron chi connectivity index (χ3n) is 17.9. The van der Waals surface area contributed by atoms with Crippen molar-refractivity contribution in [2.75, 3.05) is 41.7 Å². The molecule has 84 heavy (non-hydrogen) atoms. The molecular weight excluding hydrogens is 1040 g/mol. The van der Waals surface area contributed by atoms with Crippen LogP contribution in [0.1, 0.15) is 93.7 Å². The number of carbonyl (C=O) groups excluding carboxylic acids is 1. The van der Waals surface area contributed by atoms with E-state index >= 15 is 0 Å². The maximum Gasteiger partial charge on any atom is 0.338 e. The minimum atomic E-state index is -0.995. The molecule has 0 bridgehead atoms. The maximum atomic E-state index is 14.1. The van der Waals surface area contributed by atoms with Crippen LogP contribution >= 0.6 is 0 Å². The number of esters is 1. The highest BCUT2D eigenvalue weighted by Gasteiger charge is 2.47. The van der Waals surface area contributed by atoms with E-state index in [1.807, 2.05) is 121 Å². The zero-order valence-electron chi connectivity index (χ0n) is 48.2. The molecule has 1 atom stereocenters. The molecule has 9 nitrogen and oxygen atoms in total. The first kappa shape index (κ1) is 52.4. The number of ether oxygens (including phenoxy) is 8. The van der Waals surface area contributed by atoms with Gasteiger partial charge in [0.1, 0.15) is 42.0 Å². The Kier molecular flexibility index (Phi) is 12.3. The number of carbonyl (C=O) groups is 1. The van der Waals surface area contributed by atoms with Crippen LogP contribution in [0.2, 0.25) is 0 Å². The quantitative estimate of drug-likeness (QED) is 0.0827. The van der Waals surface area contributed by atoms with Gasteiger partial charge in [-0.25, -0.2) is 4.79 Å². The molecule has 9 heteroatoms. The van der Waals surface area contributed by atoms with Crippen LogP contribution in [-0.2, 0) is 26.8 Å². The smallest absolute Gasteiger partial charge is 0.338 e. The lowest BCUT2D eigenvalue weighted by Gasteiger charge is -2.38. The summed E-state index contributed by atoms with van der Waals surface area (Å²) < 4.78 is 50.7. The minimum Gasteiger partial charge on any atom is -0.497 e. The first-order chi connectivity index (χ1) is 40.8. The van der Waals surface area contributed by atoms with E-state index in [9.17, 15) is 4.79 Å². The van der Waals surface area contributed by atoms with Crippen molar-refractivity contribution >= 4 is 39.7 Å². The third-order valence-corrected chi connectivity index (χ3v) is 17.9. The molecule has 10 aromatic carbocycles. The SMILES string of the molecule is COc1ccc2c(c1)C(C)(C)c1c3c(c4cc(OC)ccc4c1-2)OC(c1ccccc1)(c1ccc(OCCOC(=O)c2ccc4c(c2)C(C)(C)c2c5c(c6cc(OC)c(OC)cc6c2-4)OC(c2ccccc2)(c2ccccc2)C=C5)cc1)C=C3. The van der Waals surface area contributed by atoms with Gasteiger partial charge in [-0.05, 0) is 134 Å². The lowest BCUT2D eigenvalue weighted by Crippen LogP contribution is -2.35. The summed E-state index contributed by atoms with van der Waals surface area (Å²) in [4.78, 5) is 14.1. The minimum absolute atomic E-state index is 0.0399. The fourth-order valence-corrected chi connectivity index (χ4v) is 13.8. The van der Waals surface area contributed by atoms with Gasteiger partial charge in [-0.2, -0.15) is 0 Å². The molecule has 0 spiro atoms. The molecule has 4 aliphatic rings. The Morgan fingerprint density at radius 2 is 0.881 bits per heavy atom. The second kappa shape index (κ2) is 19.7. The topological polar surface area (TPSA) is 90.9 Å². The van der Waals surface area contributed by atoms with E-state index in [0.29, 0.717) is 22.8 Å². The Morgan fingerprint density at radius 3 is 1.42 bits per heavy atom. The Bertz CT molecular complexity index is 4330. The number of fused-ring (bicyclic) bond motifs is 16. The molecule has 0 fully saturated rings. The van der Waals surface area contributed by atoms with E-state index in [1.54, 1.807) is 28.4 Å². The highest BCUT2D eigenvalue weighted by molar-refractivity contribution is 6.11. The van der Waals surface area contributed by atoms with Gasteiger partial charge < -0.3 is 37.9 Å². The van der Waals surface area contributed by atoms with E-state index < -0.39 is 22.6 Å². The summed E-state index contributed by atoms with van der Waals surface area (Å²) in [6.07, 6.45) is 8.82. The molecule has 2 aliphatic heterocycles. The van der Waals surface area contributed by atoms with E-state index in [1.165, 1.54) is 22.3 Å². The first-order valence-electron chi connectivity index (χ1n) is 28.4. The number of hydrogen-bond donors (Lipinski definition) is 0. The highest BCUT2D eigenvalue weighted by atomic mass is 16.6. The van der Waals surface area contributed by atoms with Gasteiger partial charge in [0.05, 0.1) is 34.0 Å². The molecule has 0 saturated carbocycles. The summed E-state index contributed by atoms with van der Waals surface area (Å²) in [5.74, 6) is 4.50. The van der Waals surface area contributed by atoms with Crippen molar-refractivity contribution in [1.29, 1.82) is 0 Å². The first-order valence-corrected chi connectivity index (χ1v) is 28.4. The summed E-state index contributed by atoms with van der Waals surface area (Å²) in [6, 6.07) is 61.6. The van der Waals surface area contributed by atoms with Crippen LogP contribution in [0.5, 0.6) is 40.2 Å². The van der Waals surface area contributed by atoms with Crippen LogP contribution in [0.4, 0.5) is 0 Å². The average molecular weight is 1110 g/mol. The molecule has 0 aromatic heterocycles. The molecule has 10 aromatic rings. The molecule has 0 radical (unpaired) electrons. The lowest BCUT2D eigenvalue weighted by atomic mass is 9.76. The van der Waals surface area contributed by atoms with E-state index in [0.717, 1.165) is 100 Å². The second-order valence-electron chi connectivity index (χ2n) is 23.0. The van der Waals surface area contributed by atoms with Gasteiger partial charge in [0.15, 0.2) is 22.7 Å². The van der Waals surface area contributed by atoms with Crippen molar-refractivity contribution in [3.63, 3.8) is 0 Å². The molecule has 2 aliphatic carbocycles. The molecule has 0 amide bonds. The summed E-state index contributed by atoms with van der Waals surface area (Å²) in [5.41, 5.74) is 12.5. The van der Waals surface area contributed by atoms with Crippen molar-refractivity contribution < 1.29 is 42.7 Å². The number of benzene rings is 10.